The first-order valence-electron chi connectivity index (χ1n) is 21.7. The Morgan fingerprint density at radius 2 is 0.774 bits per heavy atom. The van der Waals surface area contributed by atoms with Crippen LogP contribution in [0.25, 0.3) is 0 Å². The molecule has 53 heavy (non-hydrogen) atoms. The lowest BCUT2D eigenvalue weighted by Gasteiger charge is -2.37. The third kappa shape index (κ3) is 10.9. The maximum Gasteiger partial charge on any atom is 0.129 e. The molecule has 2 aromatic rings. The van der Waals surface area contributed by atoms with E-state index < -0.39 is 23.3 Å². The van der Waals surface area contributed by atoms with E-state index in [1.54, 1.807) is 0 Å². The summed E-state index contributed by atoms with van der Waals surface area (Å²) >= 11 is 0. The second-order valence-corrected chi connectivity index (χ2v) is 17.3. The van der Waals surface area contributed by atoms with Gasteiger partial charge in [0.25, 0.3) is 0 Å². The van der Waals surface area contributed by atoms with Gasteiger partial charge in [-0.05, 0) is 198 Å². The van der Waals surface area contributed by atoms with Crippen molar-refractivity contribution in [3.05, 3.63) is 94.1 Å². The summed E-state index contributed by atoms with van der Waals surface area (Å²) in [4.78, 5) is 0. The summed E-state index contributed by atoms with van der Waals surface area (Å²) < 4.78 is 66.4. The van der Waals surface area contributed by atoms with Crippen molar-refractivity contribution in [3.63, 3.8) is 0 Å². The van der Waals surface area contributed by atoms with Crippen LogP contribution in [0.2, 0.25) is 0 Å². The number of rotatable bonds is 14. The van der Waals surface area contributed by atoms with Gasteiger partial charge in [0.15, 0.2) is 0 Å². The van der Waals surface area contributed by atoms with E-state index in [2.05, 4.69) is 38.2 Å². The van der Waals surface area contributed by atoms with Crippen LogP contribution in [0.1, 0.15) is 164 Å². The van der Waals surface area contributed by atoms with Gasteiger partial charge in [-0.15, -0.1) is 0 Å². The van der Waals surface area contributed by atoms with Gasteiger partial charge in [0.05, 0.1) is 13.2 Å². The molecule has 2 aromatic carbocycles. The van der Waals surface area contributed by atoms with Gasteiger partial charge < -0.3 is 4.74 Å². The zero-order valence-electron chi connectivity index (χ0n) is 32.7. The first-order valence-corrected chi connectivity index (χ1v) is 21.7. The van der Waals surface area contributed by atoms with Crippen molar-refractivity contribution in [2.24, 2.45) is 35.5 Å². The molecule has 0 bridgehead atoms. The second kappa shape index (κ2) is 20.0. The molecule has 1 nitrogen and oxygen atoms in total. The average molecular weight is 735 g/mol. The summed E-state index contributed by atoms with van der Waals surface area (Å²) in [6, 6.07) is 6.13. The summed E-state index contributed by atoms with van der Waals surface area (Å²) in [5, 5.41) is 0. The van der Waals surface area contributed by atoms with Crippen LogP contribution in [0, 0.1) is 58.8 Å². The fraction of sp³-hybridized carbons (Fsp3) is 0.667. The van der Waals surface area contributed by atoms with Crippen molar-refractivity contribution in [1.82, 2.24) is 0 Å². The molecule has 0 aliphatic heterocycles. The fourth-order valence-electron chi connectivity index (χ4n) is 10.8. The first kappa shape index (κ1) is 40.3. The Hall–Kier alpha value is -2.40. The summed E-state index contributed by atoms with van der Waals surface area (Å²) in [5.41, 5.74) is 1.61. The standard InChI is InChI=1S/C48H66F4O/c1-3-5-7-33-9-13-35(14-10-33)37-17-21-39(22-18-37)41-29-45(49)43(46(50)30-41)25-27-53-28-26-44-47(51)31-42(32-48(44)52)40-23-19-38(20-24-40)36-15-11-34(12-16-36)8-6-4-2/h5-8,29-40H,3-4,9-28H2,1-2H3/b7-5+,8-6+. The Balaban J connectivity index is 0.906. The van der Waals surface area contributed by atoms with Gasteiger partial charge in [-0.1, -0.05) is 38.2 Å². The minimum Gasteiger partial charge on any atom is -0.381 e. The maximum atomic E-state index is 15.2. The highest BCUT2D eigenvalue weighted by molar-refractivity contribution is 5.30. The predicted molar refractivity (Wildman–Crippen MR) is 210 cm³/mol. The van der Waals surface area contributed by atoms with E-state index in [4.69, 9.17) is 4.74 Å². The summed E-state index contributed by atoms with van der Waals surface area (Å²) in [6.07, 6.45) is 30.8. The largest absolute Gasteiger partial charge is 0.381 e. The lowest BCUT2D eigenvalue weighted by Crippen LogP contribution is -2.25. The lowest BCUT2D eigenvalue weighted by molar-refractivity contribution is 0.137. The molecule has 292 valence electrons. The summed E-state index contributed by atoms with van der Waals surface area (Å²) in [6.45, 7) is 4.57. The number of hydrogen-bond donors (Lipinski definition) is 0. The van der Waals surface area contributed by atoms with E-state index in [-0.39, 0.29) is 49.0 Å². The van der Waals surface area contributed by atoms with Crippen molar-refractivity contribution < 1.29 is 22.3 Å². The number of hydrogen-bond acceptors (Lipinski definition) is 1. The quantitative estimate of drug-likeness (QED) is 0.107. The van der Waals surface area contributed by atoms with E-state index >= 15 is 17.6 Å². The van der Waals surface area contributed by atoms with Crippen LogP contribution in [-0.4, -0.2) is 13.2 Å². The average Bonchev–Trinajstić information content (AvgIpc) is 3.18. The third-order valence-electron chi connectivity index (χ3n) is 14.1. The summed E-state index contributed by atoms with van der Waals surface area (Å²) in [5.74, 6) is 2.92. The van der Waals surface area contributed by atoms with E-state index in [0.29, 0.717) is 0 Å². The van der Waals surface area contributed by atoms with Gasteiger partial charge in [-0.25, -0.2) is 17.6 Å². The van der Waals surface area contributed by atoms with Crippen LogP contribution in [-0.2, 0) is 17.6 Å². The third-order valence-corrected chi connectivity index (χ3v) is 14.1. The van der Waals surface area contributed by atoms with Crippen LogP contribution in [0.5, 0.6) is 0 Å². The molecule has 0 unspecified atom stereocenters. The van der Waals surface area contributed by atoms with Crippen LogP contribution < -0.4 is 0 Å². The molecule has 4 saturated carbocycles. The van der Waals surface area contributed by atoms with E-state index in [1.165, 1.54) is 75.6 Å². The normalized spacial score (nSPS) is 30.0. The minimum absolute atomic E-state index is 0.0320. The van der Waals surface area contributed by atoms with Crippen molar-refractivity contribution >= 4 is 0 Å². The molecule has 4 aliphatic rings. The smallest absolute Gasteiger partial charge is 0.129 e. The van der Waals surface area contributed by atoms with Crippen LogP contribution in [0.3, 0.4) is 0 Å². The number of benzene rings is 2. The second-order valence-electron chi connectivity index (χ2n) is 17.3. The van der Waals surface area contributed by atoms with Crippen molar-refractivity contribution in [2.45, 2.75) is 154 Å². The Morgan fingerprint density at radius 1 is 0.472 bits per heavy atom. The molecule has 6 rings (SSSR count). The zero-order chi connectivity index (χ0) is 37.2. The molecule has 5 heteroatoms. The Kier molecular flexibility index (Phi) is 15.2. The molecule has 4 fully saturated rings. The first-order chi connectivity index (χ1) is 25.8. The highest BCUT2D eigenvalue weighted by Crippen LogP contribution is 2.46. The molecule has 0 saturated heterocycles. The Morgan fingerprint density at radius 3 is 1.08 bits per heavy atom. The zero-order valence-corrected chi connectivity index (χ0v) is 32.7. The van der Waals surface area contributed by atoms with Gasteiger partial charge in [-0.2, -0.15) is 0 Å². The number of ether oxygens (including phenoxy) is 1. The van der Waals surface area contributed by atoms with Crippen LogP contribution in [0.4, 0.5) is 17.6 Å². The number of allylic oxidation sites excluding steroid dienone is 4. The molecule has 0 amide bonds. The van der Waals surface area contributed by atoms with E-state index in [1.807, 2.05) is 0 Å². The van der Waals surface area contributed by atoms with Crippen molar-refractivity contribution in [3.8, 4) is 0 Å². The topological polar surface area (TPSA) is 9.23 Å². The van der Waals surface area contributed by atoms with E-state index in [9.17, 15) is 0 Å². The monoisotopic (exact) mass is 735 g/mol. The molecule has 4 aliphatic carbocycles. The van der Waals surface area contributed by atoms with Gasteiger partial charge in [-0.3, -0.25) is 0 Å². The molecule has 0 N–H and O–H groups in total. The van der Waals surface area contributed by atoms with Gasteiger partial charge in [0, 0.05) is 24.0 Å². The molecule has 0 atom stereocenters. The number of halogens is 4. The van der Waals surface area contributed by atoms with Crippen LogP contribution in [0.15, 0.2) is 48.6 Å². The molecular weight excluding hydrogens is 669 g/mol. The summed E-state index contributed by atoms with van der Waals surface area (Å²) in [7, 11) is 0. The Labute approximate surface area is 318 Å². The highest BCUT2D eigenvalue weighted by Gasteiger charge is 2.33. The van der Waals surface area contributed by atoms with Crippen LogP contribution >= 0.6 is 0 Å². The lowest BCUT2D eigenvalue weighted by atomic mass is 9.68. The molecule has 0 radical (unpaired) electrons. The SMILES string of the molecule is CC/C=C/C1CCC(C2CCC(c3cc(F)c(CCOCCc4c(F)cc(C5CCC(C6CCC(/C=C/CC)CC6)CC5)cc4F)c(F)c3)CC2)CC1. The predicted octanol–water partition coefficient (Wildman–Crippen LogP) is 14.1. The highest BCUT2D eigenvalue weighted by atomic mass is 19.1. The molecule has 0 heterocycles. The fourth-order valence-corrected chi connectivity index (χ4v) is 10.8. The molecule has 0 spiro atoms. The Bertz CT molecular complexity index is 1320. The van der Waals surface area contributed by atoms with Crippen molar-refractivity contribution in [2.75, 3.05) is 13.2 Å². The van der Waals surface area contributed by atoms with Gasteiger partial charge in [0.1, 0.15) is 23.3 Å². The minimum atomic E-state index is -0.516. The molecular formula is C48H66F4O. The van der Waals surface area contributed by atoms with Gasteiger partial charge >= 0.3 is 0 Å². The van der Waals surface area contributed by atoms with E-state index in [0.717, 1.165) is 111 Å². The maximum absolute atomic E-state index is 15.2. The van der Waals surface area contributed by atoms with Crippen molar-refractivity contribution in [1.29, 1.82) is 0 Å². The van der Waals surface area contributed by atoms with Gasteiger partial charge in [0.2, 0.25) is 0 Å². The molecule has 0 aromatic heterocycles.